The molecule has 158 valence electrons. The normalized spacial score (nSPS) is 19.9. The fraction of sp³-hybridized carbons (Fsp3) is 0.526. The molecule has 1 aromatic heterocycles. The van der Waals surface area contributed by atoms with E-state index in [9.17, 15) is 19.2 Å². The van der Waals surface area contributed by atoms with Gasteiger partial charge in [0.05, 0.1) is 5.02 Å². The molecule has 0 bridgehead atoms. The lowest BCUT2D eigenvalue weighted by Gasteiger charge is -2.22. The third-order valence-corrected chi connectivity index (χ3v) is 4.73. The molecule has 2 atom stereocenters. The first-order valence-electron chi connectivity index (χ1n) is 9.28. The number of esters is 1. The number of hydrogen-bond acceptors (Lipinski definition) is 6. The van der Waals surface area contributed by atoms with Crippen LogP contribution in [0.15, 0.2) is 18.3 Å². The maximum absolute atomic E-state index is 12.6. The molecular formula is C19H25ClN4O5. The van der Waals surface area contributed by atoms with Crippen LogP contribution in [0.4, 0.5) is 10.6 Å². The Balaban J connectivity index is 1.90. The Morgan fingerprint density at radius 3 is 2.59 bits per heavy atom. The van der Waals surface area contributed by atoms with Crippen LogP contribution in [-0.2, 0) is 19.1 Å². The van der Waals surface area contributed by atoms with E-state index >= 15 is 0 Å². The summed E-state index contributed by atoms with van der Waals surface area (Å²) in [6.45, 7) is 6.48. The lowest BCUT2D eigenvalue weighted by atomic mass is 9.92. The number of hydrogen-bond donors (Lipinski definition) is 2. The molecule has 0 unspecified atom stereocenters. The number of rotatable bonds is 8. The van der Waals surface area contributed by atoms with Crippen molar-refractivity contribution in [3.63, 3.8) is 0 Å². The number of nitrogens with one attached hydrogen (secondary N) is 2. The Morgan fingerprint density at radius 1 is 1.31 bits per heavy atom. The first-order valence-corrected chi connectivity index (χ1v) is 9.65. The lowest BCUT2D eigenvalue weighted by molar-refractivity contribution is -0.155. The van der Waals surface area contributed by atoms with Gasteiger partial charge in [0.1, 0.15) is 17.9 Å². The highest BCUT2D eigenvalue weighted by Gasteiger charge is 2.48. The number of carbonyl (C=O) groups is 4. The van der Waals surface area contributed by atoms with Gasteiger partial charge in [-0.05, 0) is 44.7 Å². The van der Waals surface area contributed by atoms with Gasteiger partial charge < -0.3 is 15.4 Å². The smallest absolute Gasteiger partial charge is 0.327 e. The van der Waals surface area contributed by atoms with Crippen molar-refractivity contribution in [1.82, 2.24) is 15.2 Å². The third kappa shape index (κ3) is 5.90. The predicted octanol–water partition coefficient (Wildman–Crippen LogP) is 2.35. The molecule has 1 saturated heterocycles. The molecule has 1 aliphatic rings. The van der Waals surface area contributed by atoms with Crippen LogP contribution in [0.3, 0.4) is 0 Å². The molecule has 0 aliphatic carbocycles. The van der Waals surface area contributed by atoms with Gasteiger partial charge in [0.15, 0.2) is 6.10 Å². The molecule has 2 N–H and O–H groups in total. The summed E-state index contributed by atoms with van der Waals surface area (Å²) in [5.74, 6) is -1.34. The average molecular weight is 425 g/mol. The highest BCUT2D eigenvalue weighted by atomic mass is 35.5. The summed E-state index contributed by atoms with van der Waals surface area (Å²) in [5.41, 5.74) is -1.05. The SMILES string of the molecule is CC(C)CC[C@]1(C)NC(=O)N(CC(=O)O[C@H](C)C(=O)Nc2ccc(Cl)cn2)C1=O. The Kier molecular flexibility index (Phi) is 7.18. The summed E-state index contributed by atoms with van der Waals surface area (Å²) >= 11 is 5.73. The van der Waals surface area contributed by atoms with E-state index in [2.05, 4.69) is 15.6 Å². The highest BCUT2D eigenvalue weighted by molar-refractivity contribution is 6.30. The number of ether oxygens (including phenoxy) is 1. The van der Waals surface area contributed by atoms with E-state index in [-0.39, 0.29) is 5.82 Å². The number of urea groups is 1. The number of halogens is 1. The minimum absolute atomic E-state index is 0.248. The number of nitrogens with zero attached hydrogens (tertiary/aromatic N) is 2. The van der Waals surface area contributed by atoms with E-state index in [0.717, 1.165) is 11.3 Å². The maximum Gasteiger partial charge on any atom is 0.327 e. The number of imide groups is 1. The van der Waals surface area contributed by atoms with Gasteiger partial charge in [-0.3, -0.25) is 19.3 Å². The summed E-state index contributed by atoms with van der Waals surface area (Å²) in [4.78, 5) is 53.8. The van der Waals surface area contributed by atoms with E-state index in [1.54, 1.807) is 13.0 Å². The first kappa shape index (κ1) is 22.6. The zero-order valence-corrected chi connectivity index (χ0v) is 17.6. The van der Waals surface area contributed by atoms with E-state index in [1.807, 2.05) is 13.8 Å². The summed E-state index contributed by atoms with van der Waals surface area (Å²) < 4.78 is 5.05. The van der Waals surface area contributed by atoms with Crippen molar-refractivity contribution in [1.29, 1.82) is 0 Å². The van der Waals surface area contributed by atoms with Crippen LogP contribution in [-0.4, -0.2) is 51.9 Å². The number of anilines is 1. The molecule has 1 fully saturated rings. The fourth-order valence-electron chi connectivity index (χ4n) is 2.73. The summed E-state index contributed by atoms with van der Waals surface area (Å²) in [6, 6.07) is 2.40. The molecule has 2 rings (SSSR count). The third-order valence-electron chi connectivity index (χ3n) is 4.51. The van der Waals surface area contributed by atoms with Crippen molar-refractivity contribution in [2.24, 2.45) is 5.92 Å². The van der Waals surface area contributed by atoms with Gasteiger partial charge in [-0.2, -0.15) is 0 Å². The zero-order valence-electron chi connectivity index (χ0n) is 16.8. The topological polar surface area (TPSA) is 118 Å². The Bertz CT molecular complexity index is 798. The first-order chi connectivity index (χ1) is 13.5. The van der Waals surface area contributed by atoms with Crippen molar-refractivity contribution in [2.75, 3.05) is 11.9 Å². The van der Waals surface area contributed by atoms with Crippen LogP contribution in [0, 0.1) is 5.92 Å². The molecule has 0 saturated carbocycles. The Hall–Kier alpha value is -2.68. The molecule has 0 radical (unpaired) electrons. The monoisotopic (exact) mass is 424 g/mol. The molecular weight excluding hydrogens is 400 g/mol. The number of carbonyl (C=O) groups excluding carboxylic acids is 4. The minimum atomic E-state index is -1.15. The van der Waals surface area contributed by atoms with E-state index in [4.69, 9.17) is 16.3 Å². The second kappa shape index (κ2) is 9.21. The molecule has 29 heavy (non-hydrogen) atoms. The largest absolute Gasteiger partial charge is 0.451 e. The molecule has 1 aliphatic heterocycles. The minimum Gasteiger partial charge on any atom is -0.451 e. The van der Waals surface area contributed by atoms with Crippen LogP contribution in [0.2, 0.25) is 5.02 Å². The van der Waals surface area contributed by atoms with Gasteiger partial charge in [0, 0.05) is 6.20 Å². The van der Waals surface area contributed by atoms with Gasteiger partial charge in [-0.15, -0.1) is 0 Å². The van der Waals surface area contributed by atoms with Crippen molar-refractivity contribution in [3.05, 3.63) is 23.4 Å². The molecule has 9 nitrogen and oxygen atoms in total. The summed E-state index contributed by atoms with van der Waals surface area (Å²) in [7, 11) is 0. The standard InChI is InChI=1S/C19H25ClN4O5/c1-11(2)7-8-19(4)17(27)24(18(28)23-19)10-15(25)29-12(3)16(26)22-14-6-5-13(20)9-21-14/h5-6,9,11-12H,7-8,10H2,1-4H3,(H,23,28)(H,21,22,26)/t12-,19+/m1/s1. The highest BCUT2D eigenvalue weighted by Crippen LogP contribution is 2.24. The van der Waals surface area contributed by atoms with Crippen LogP contribution in [0.1, 0.15) is 40.5 Å². The molecule has 10 heteroatoms. The van der Waals surface area contributed by atoms with Crippen LogP contribution < -0.4 is 10.6 Å². The molecule has 0 spiro atoms. The average Bonchev–Trinajstić information content (AvgIpc) is 2.85. The number of amides is 4. The molecule has 1 aromatic rings. The Labute approximate surface area is 174 Å². The lowest BCUT2D eigenvalue weighted by Crippen LogP contribution is -2.44. The van der Waals surface area contributed by atoms with E-state index in [0.29, 0.717) is 17.4 Å². The summed E-state index contributed by atoms with van der Waals surface area (Å²) in [6.07, 6.45) is 1.43. The maximum atomic E-state index is 12.6. The van der Waals surface area contributed by atoms with Crippen molar-refractivity contribution < 1.29 is 23.9 Å². The van der Waals surface area contributed by atoms with Gasteiger partial charge in [-0.1, -0.05) is 25.4 Å². The number of pyridine rings is 1. The zero-order chi connectivity index (χ0) is 21.8. The summed E-state index contributed by atoms with van der Waals surface area (Å²) in [5, 5.41) is 5.53. The second-order valence-corrected chi connectivity index (χ2v) is 8.01. The molecule has 0 aromatic carbocycles. The van der Waals surface area contributed by atoms with Crippen LogP contribution in [0.25, 0.3) is 0 Å². The van der Waals surface area contributed by atoms with Gasteiger partial charge >= 0.3 is 12.0 Å². The number of aromatic nitrogens is 1. The van der Waals surface area contributed by atoms with E-state index in [1.165, 1.54) is 19.2 Å². The quantitative estimate of drug-likeness (QED) is 0.488. The van der Waals surface area contributed by atoms with E-state index < -0.39 is 42.0 Å². The fourth-order valence-corrected chi connectivity index (χ4v) is 2.84. The van der Waals surface area contributed by atoms with Crippen molar-refractivity contribution in [2.45, 2.75) is 52.2 Å². The Morgan fingerprint density at radius 2 is 2.00 bits per heavy atom. The van der Waals surface area contributed by atoms with Gasteiger partial charge in [0.2, 0.25) is 0 Å². The van der Waals surface area contributed by atoms with Gasteiger partial charge in [-0.25, -0.2) is 9.78 Å². The molecule has 4 amide bonds. The molecule has 2 heterocycles. The van der Waals surface area contributed by atoms with Crippen LogP contribution >= 0.6 is 11.6 Å². The van der Waals surface area contributed by atoms with Crippen molar-refractivity contribution >= 4 is 41.2 Å². The van der Waals surface area contributed by atoms with Crippen LogP contribution in [0.5, 0.6) is 0 Å². The predicted molar refractivity (Wildman–Crippen MR) is 106 cm³/mol. The van der Waals surface area contributed by atoms with Gasteiger partial charge in [0.25, 0.3) is 11.8 Å². The second-order valence-electron chi connectivity index (χ2n) is 7.57. The van der Waals surface area contributed by atoms with Crippen molar-refractivity contribution in [3.8, 4) is 0 Å².